The van der Waals surface area contributed by atoms with Crippen molar-refractivity contribution >= 4 is 32.0 Å². The number of rotatable bonds is 1. The van der Waals surface area contributed by atoms with Crippen LogP contribution in [-0.4, -0.2) is 19.5 Å². The fourth-order valence-electron chi connectivity index (χ4n) is 1.59. The second-order valence-electron chi connectivity index (χ2n) is 3.20. The summed E-state index contributed by atoms with van der Waals surface area (Å²) in [7, 11) is 2.54. The molecule has 1 unspecified atom stereocenters. The fourth-order valence-corrected chi connectivity index (χ4v) is 2.17. The molecule has 0 fully saturated rings. The summed E-state index contributed by atoms with van der Waals surface area (Å²) in [5.41, 5.74) is 2.30. The molecule has 0 bridgehead atoms. The zero-order chi connectivity index (χ0) is 11.1. The lowest BCUT2D eigenvalue weighted by atomic mass is 10.2. The van der Waals surface area contributed by atoms with Gasteiger partial charge in [-0.2, -0.15) is 0 Å². The molecule has 80 valence electrons. The molecule has 3 aromatic rings. The standard InChI is InChI=1S/C9H6ClN4OP/c10-8-7-5(6-1-2-15-13-6)3-14(16)9(7)12-4-11-8/h1-4H,16H2. The summed E-state index contributed by atoms with van der Waals surface area (Å²) in [6, 6.07) is 1.77. The van der Waals surface area contributed by atoms with Crippen LogP contribution in [0.1, 0.15) is 0 Å². The predicted octanol–water partition coefficient (Wildman–Crippen LogP) is 2.38. The molecule has 5 nitrogen and oxygen atoms in total. The number of hydrogen-bond acceptors (Lipinski definition) is 4. The Kier molecular flexibility index (Phi) is 2.16. The summed E-state index contributed by atoms with van der Waals surface area (Å²) in [5.74, 6) is 0. The second-order valence-corrected chi connectivity index (χ2v) is 4.11. The summed E-state index contributed by atoms with van der Waals surface area (Å²) >= 11 is 6.06. The van der Waals surface area contributed by atoms with E-state index in [0.717, 1.165) is 16.6 Å². The number of halogens is 1. The van der Waals surface area contributed by atoms with E-state index in [-0.39, 0.29) is 0 Å². The quantitative estimate of drug-likeness (QED) is 0.493. The van der Waals surface area contributed by atoms with E-state index in [1.807, 2.05) is 6.20 Å². The van der Waals surface area contributed by atoms with E-state index in [9.17, 15) is 0 Å². The van der Waals surface area contributed by atoms with Gasteiger partial charge in [-0.3, -0.25) is 0 Å². The van der Waals surface area contributed by atoms with Crippen molar-refractivity contribution in [1.82, 2.24) is 19.5 Å². The van der Waals surface area contributed by atoms with Gasteiger partial charge >= 0.3 is 0 Å². The Bertz CT molecular complexity index is 649. The van der Waals surface area contributed by atoms with Gasteiger partial charge in [-0.25, -0.2) is 9.97 Å². The van der Waals surface area contributed by atoms with Gasteiger partial charge < -0.3 is 8.86 Å². The van der Waals surface area contributed by atoms with Crippen molar-refractivity contribution in [3.8, 4) is 11.3 Å². The van der Waals surface area contributed by atoms with Crippen LogP contribution in [-0.2, 0) is 0 Å². The van der Waals surface area contributed by atoms with Crippen LogP contribution in [0.2, 0.25) is 5.15 Å². The van der Waals surface area contributed by atoms with E-state index in [2.05, 4.69) is 24.5 Å². The van der Waals surface area contributed by atoms with Gasteiger partial charge in [0.1, 0.15) is 29.1 Å². The van der Waals surface area contributed by atoms with Gasteiger partial charge in [0.05, 0.1) is 5.39 Å². The predicted molar refractivity (Wildman–Crippen MR) is 63.1 cm³/mol. The summed E-state index contributed by atoms with van der Waals surface area (Å²) in [4.78, 5) is 8.12. The Hall–Kier alpha value is -1.45. The molecule has 0 aliphatic rings. The van der Waals surface area contributed by atoms with Crippen LogP contribution in [0, 0.1) is 0 Å². The molecule has 7 heteroatoms. The second kappa shape index (κ2) is 3.54. The molecular weight excluding hydrogens is 247 g/mol. The third kappa shape index (κ3) is 1.32. The molecule has 0 saturated carbocycles. The van der Waals surface area contributed by atoms with Crippen molar-refractivity contribution < 1.29 is 4.52 Å². The Balaban J connectivity index is 2.42. The lowest BCUT2D eigenvalue weighted by molar-refractivity contribution is 0.422. The third-order valence-corrected chi connectivity index (χ3v) is 2.96. The highest BCUT2D eigenvalue weighted by Crippen LogP contribution is 2.33. The van der Waals surface area contributed by atoms with E-state index in [0.29, 0.717) is 10.8 Å². The van der Waals surface area contributed by atoms with Gasteiger partial charge in [0, 0.05) is 17.8 Å². The molecule has 0 aromatic carbocycles. The van der Waals surface area contributed by atoms with Gasteiger partial charge in [-0.1, -0.05) is 16.8 Å². The SMILES string of the molecule is Pn1cc(-c2ccon2)c2c(Cl)ncnc21. The van der Waals surface area contributed by atoms with Gasteiger partial charge in [-0.15, -0.1) is 0 Å². The van der Waals surface area contributed by atoms with Crippen molar-refractivity contribution in [3.05, 3.63) is 30.0 Å². The minimum Gasteiger partial charge on any atom is -0.364 e. The topological polar surface area (TPSA) is 56.7 Å². The van der Waals surface area contributed by atoms with Crippen molar-refractivity contribution in [2.75, 3.05) is 0 Å². The van der Waals surface area contributed by atoms with Crippen LogP contribution in [0.25, 0.3) is 22.3 Å². The summed E-state index contributed by atoms with van der Waals surface area (Å²) in [5, 5.41) is 5.06. The minimum absolute atomic E-state index is 0.407. The normalized spacial score (nSPS) is 11.1. The van der Waals surface area contributed by atoms with Crippen LogP contribution in [0.4, 0.5) is 0 Å². The maximum absolute atomic E-state index is 6.06. The molecule has 3 heterocycles. The van der Waals surface area contributed by atoms with Gasteiger partial charge in [0.25, 0.3) is 0 Å². The summed E-state index contributed by atoms with van der Waals surface area (Å²) in [6.07, 6.45) is 4.81. The molecular formula is C9H6ClN4OP. The molecule has 1 atom stereocenters. The average molecular weight is 253 g/mol. The summed E-state index contributed by atoms with van der Waals surface area (Å²) < 4.78 is 6.62. The molecule has 0 N–H and O–H groups in total. The Morgan fingerprint density at radius 2 is 2.25 bits per heavy atom. The van der Waals surface area contributed by atoms with Gasteiger partial charge in [0.15, 0.2) is 0 Å². The van der Waals surface area contributed by atoms with E-state index in [1.54, 1.807) is 10.4 Å². The highest BCUT2D eigenvalue weighted by atomic mass is 35.5. The largest absolute Gasteiger partial charge is 0.364 e. The lowest BCUT2D eigenvalue weighted by Gasteiger charge is -1.95. The average Bonchev–Trinajstić information content (AvgIpc) is 2.87. The Morgan fingerprint density at radius 3 is 3.00 bits per heavy atom. The van der Waals surface area contributed by atoms with Crippen LogP contribution >= 0.6 is 21.0 Å². The minimum atomic E-state index is 0.407. The Labute approximate surface area is 97.7 Å². The maximum atomic E-state index is 6.06. The smallest absolute Gasteiger partial charge is 0.148 e. The van der Waals surface area contributed by atoms with E-state index < -0.39 is 0 Å². The maximum Gasteiger partial charge on any atom is 0.148 e. The van der Waals surface area contributed by atoms with Gasteiger partial charge in [-0.05, 0) is 9.39 Å². The first kappa shape index (κ1) is 9.75. The molecule has 0 aliphatic carbocycles. The van der Waals surface area contributed by atoms with E-state index in [1.165, 1.54) is 12.6 Å². The number of nitrogens with zero attached hydrogens (tertiary/aromatic N) is 4. The molecule has 3 rings (SSSR count). The lowest BCUT2D eigenvalue weighted by Crippen LogP contribution is -1.84. The molecule has 0 aliphatic heterocycles. The fraction of sp³-hybridized carbons (Fsp3) is 0. The first-order valence-corrected chi connectivity index (χ1v) is 5.34. The van der Waals surface area contributed by atoms with Crippen LogP contribution in [0.5, 0.6) is 0 Å². The van der Waals surface area contributed by atoms with Crippen LogP contribution in [0.3, 0.4) is 0 Å². The molecule has 0 radical (unpaired) electrons. The number of hydrogen-bond donors (Lipinski definition) is 0. The first-order valence-electron chi connectivity index (χ1n) is 4.45. The zero-order valence-corrected chi connectivity index (χ0v) is 9.87. The Morgan fingerprint density at radius 1 is 1.38 bits per heavy atom. The highest BCUT2D eigenvalue weighted by molar-refractivity contribution is 7.14. The third-order valence-electron chi connectivity index (χ3n) is 2.28. The van der Waals surface area contributed by atoms with Crippen molar-refractivity contribution in [2.24, 2.45) is 0 Å². The molecule has 16 heavy (non-hydrogen) atoms. The van der Waals surface area contributed by atoms with Gasteiger partial charge in [0.2, 0.25) is 0 Å². The molecule has 0 amide bonds. The van der Waals surface area contributed by atoms with Crippen molar-refractivity contribution in [1.29, 1.82) is 0 Å². The van der Waals surface area contributed by atoms with Crippen LogP contribution < -0.4 is 0 Å². The van der Waals surface area contributed by atoms with E-state index in [4.69, 9.17) is 16.1 Å². The summed E-state index contributed by atoms with van der Waals surface area (Å²) in [6.45, 7) is 0. The van der Waals surface area contributed by atoms with Crippen LogP contribution in [0.15, 0.2) is 29.4 Å². The molecule has 0 saturated heterocycles. The number of fused-ring (bicyclic) bond motifs is 1. The zero-order valence-electron chi connectivity index (χ0n) is 7.96. The number of aromatic nitrogens is 4. The molecule has 3 aromatic heterocycles. The monoisotopic (exact) mass is 252 g/mol. The first-order chi connectivity index (χ1) is 7.77. The molecule has 0 spiro atoms. The van der Waals surface area contributed by atoms with E-state index >= 15 is 0 Å². The van der Waals surface area contributed by atoms with Crippen molar-refractivity contribution in [3.63, 3.8) is 0 Å². The van der Waals surface area contributed by atoms with Crippen molar-refractivity contribution in [2.45, 2.75) is 0 Å². The highest BCUT2D eigenvalue weighted by Gasteiger charge is 2.15.